The predicted molar refractivity (Wildman–Crippen MR) is 75.9 cm³/mol. The first-order valence-electron chi connectivity index (χ1n) is 4.35. The van der Waals surface area contributed by atoms with Crippen molar-refractivity contribution in [1.82, 2.24) is 5.32 Å². The van der Waals surface area contributed by atoms with Crippen LogP contribution in [0.1, 0.15) is 0 Å². The highest BCUT2D eigenvalue weighted by molar-refractivity contribution is 7.80. The van der Waals surface area contributed by atoms with Gasteiger partial charge in [0.05, 0.1) is 20.8 Å². The maximum absolute atomic E-state index is 5.97. The molecule has 0 aliphatic rings. The molecular weight excluding hydrogens is 287 g/mol. The van der Waals surface area contributed by atoms with Crippen LogP contribution in [-0.4, -0.2) is 11.7 Å². The zero-order valence-corrected chi connectivity index (χ0v) is 11.3. The second-order valence-electron chi connectivity index (χ2n) is 2.87. The molecule has 1 rings (SSSR count). The van der Waals surface area contributed by atoms with Crippen LogP contribution in [0.5, 0.6) is 0 Å². The van der Waals surface area contributed by atoms with Crippen molar-refractivity contribution in [1.29, 1.82) is 0 Å². The standard InChI is InChI=1S/C10H9Cl3N2S/c1-2-3-14-10(16)15-9-5-7(12)6(11)4-8(9)13/h2,4-5H,1,3H2,(H2,14,15,16). The highest BCUT2D eigenvalue weighted by Crippen LogP contribution is 2.32. The predicted octanol–water partition coefficient (Wildman–Crippen LogP) is 4.12. The molecule has 6 heteroatoms. The Morgan fingerprint density at radius 2 is 1.88 bits per heavy atom. The van der Waals surface area contributed by atoms with E-state index in [4.69, 9.17) is 47.0 Å². The molecule has 0 aliphatic heterocycles. The quantitative estimate of drug-likeness (QED) is 0.498. The van der Waals surface area contributed by atoms with Gasteiger partial charge in [0.2, 0.25) is 0 Å². The average Bonchev–Trinajstić information content (AvgIpc) is 2.23. The molecule has 1 aromatic carbocycles. The molecule has 0 bridgehead atoms. The van der Waals surface area contributed by atoms with Crippen molar-refractivity contribution < 1.29 is 0 Å². The first-order valence-corrected chi connectivity index (χ1v) is 5.89. The fourth-order valence-corrected chi connectivity index (χ4v) is 1.74. The van der Waals surface area contributed by atoms with Crippen molar-refractivity contribution in [2.75, 3.05) is 11.9 Å². The van der Waals surface area contributed by atoms with Gasteiger partial charge in [0, 0.05) is 6.54 Å². The van der Waals surface area contributed by atoms with Gasteiger partial charge in [-0.15, -0.1) is 6.58 Å². The molecule has 2 N–H and O–H groups in total. The van der Waals surface area contributed by atoms with Gasteiger partial charge in [0.1, 0.15) is 0 Å². The van der Waals surface area contributed by atoms with Gasteiger partial charge >= 0.3 is 0 Å². The Kier molecular flexibility index (Phi) is 5.35. The first kappa shape index (κ1) is 13.6. The van der Waals surface area contributed by atoms with Crippen LogP contribution in [0.2, 0.25) is 15.1 Å². The summed E-state index contributed by atoms with van der Waals surface area (Å²) in [5.74, 6) is 0. The highest BCUT2D eigenvalue weighted by Gasteiger charge is 2.06. The van der Waals surface area contributed by atoms with Crippen molar-refractivity contribution in [3.05, 3.63) is 39.9 Å². The van der Waals surface area contributed by atoms with Crippen LogP contribution >= 0.6 is 47.0 Å². The van der Waals surface area contributed by atoms with E-state index in [1.165, 1.54) is 0 Å². The summed E-state index contributed by atoms with van der Waals surface area (Å²) in [6, 6.07) is 3.18. The van der Waals surface area contributed by atoms with E-state index in [0.717, 1.165) is 0 Å². The number of benzene rings is 1. The maximum atomic E-state index is 5.97. The fourth-order valence-electron chi connectivity index (χ4n) is 0.950. The summed E-state index contributed by atoms with van der Waals surface area (Å²) in [4.78, 5) is 0. The third kappa shape index (κ3) is 3.83. The van der Waals surface area contributed by atoms with Gasteiger partial charge in [-0.1, -0.05) is 40.9 Å². The van der Waals surface area contributed by atoms with E-state index in [1.807, 2.05) is 0 Å². The van der Waals surface area contributed by atoms with E-state index >= 15 is 0 Å². The molecule has 0 aliphatic carbocycles. The Bertz CT molecular complexity index is 421. The summed E-state index contributed by atoms with van der Waals surface area (Å²) in [6.45, 7) is 4.14. The van der Waals surface area contributed by atoms with Gasteiger partial charge in [-0.2, -0.15) is 0 Å². The van der Waals surface area contributed by atoms with Crippen LogP contribution in [-0.2, 0) is 0 Å². The second-order valence-corrected chi connectivity index (χ2v) is 4.50. The lowest BCUT2D eigenvalue weighted by Crippen LogP contribution is -2.28. The molecular formula is C10H9Cl3N2S. The van der Waals surface area contributed by atoms with Gasteiger partial charge in [-0.25, -0.2) is 0 Å². The molecule has 0 amide bonds. The van der Waals surface area contributed by atoms with E-state index < -0.39 is 0 Å². The number of anilines is 1. The van der Waals surface area contributed by atoms with Crippen LogP contribution < -0.4 is 10.6 Å². The summed E-state index contributed by atoms with van der Waals surface area (Å²) in [7, 11) is 0. The van der Waals surface area contributed by atoms with Crippen molar-refractivity contribution in [3.8, 4) is 0 Å². The second kappa shape index (κ2) is 6.30. The molecule has 0 aromatic heterocycles. The number of nitrogens with one attached hydrogen (secondary N) is 2. The Morgan fingerprint density at radius 1 is 1.25 bits per heavy atom. The Morgan fingerprint density at radius 3 is 2.50 bits per heavy atom. The van der Waals surface area contributed by atoms with Crippen LogP contribution in [0, 0.1) is 0 Å². The molecule has 0 spiro atoms. The first-order chi connectivity index (χ1) is 7.54. The summed E-state index contributed by atoms with van der Waals surface area (Å²) in [5, 5.41) is 7.54. The molecule has 16 heavy (non-hydrogen) atoms. The third-order valence-electron chi connectivity index (χ3n) is 1.67. The Labute approximate surface area is 115 Å². The summed E-state index contributed by atoms with van der Waals surface area (Å²) in [6.07, 6.45) is 1.70. The fraction of sp³-hybridized carbons (Fsp3) is 0.100. The number of rotatable bonds is 3. The molecule has 86 valence electrons. The topological polar surface area (TPSA) is 24.1 Å². The van der Waals surface area contributed by atoms with Gasteiger partial charge in [0.25, 0.3) is 0 Å². The van der Waals surface area contributed by atoms with Gasteiger partial charge in [0.15, 0.2) is 5.11 Å². The number of halogens is 3. The van der Waals surface area contributed by atoms with Crippen molar-refractivity contribution in [2.24, 2.45) is 0 Å². The minimum absolute atomic E-state index is 0.405. The van der Waals surface area contributed by atoms with Crippen molar-refractivity contribution in [3.63, 3.8) is 0 Å². The van der Waals surface area contributed by atoms with E-state index in [9.17, 15) is 0 Å². The molecule has 2 nitrogen and oxygen atoms in total. The van der Waals surface area contributed by atoms with E-state index in [-0.39, 0.29) is 0 Å². The molecule has 0 saturated heterocycles. The monoisotopic (exact) mass is 294 g/mol. The number of hydrogen-bond acceptors (Lipinski definition) is 1. The zero-order valence-electron chi connectivity index (χ0n) is 8.19. The van der Waals surface area contributed by atoms with Crippen LogP contribution in [0.3, 0.4) is 0 Å². The van der Waals surface area contributed by atoms with Crippen LogP contribution in [0.25, 0.3) is 0 Å². The van der Waals surface area contributed by atoms with E-state index in [2.05, 4.69) is 17.2 Å². The zero-order chi connectivity index (χ0) is 12.1. The minimum Gasteiger partial charge on any atom is -0.359 e. The third-order valence-corrected chi connectivity index (χ3v) is 2.95. The maximum Gasteiger partial charge on any atom is 0.171 e. The summed E-state index contributed by atoms with van der Waals surface area (Å²) < 4.78 is 0. The van der Waals surface area contributed by atoms with Crippen LogP contribution in [0.15, 0.2) is 24.8 Å². The Hall–Kier alpha value is -0.480. The van der Waals surface area contributed by atoms with Crippen LogP contribution in [0.4, 0.5) is 5.69 Å². The average molecular weight is 296 g/mol. The van der Waals surface area contributed by atoms with Gasteiger partial charge < -0.3 is 10.6 Å². The van der Waals surface area contributed by atoms with Crippen molar-refractivity contribution in [2.45, 2.75) is 0 Å². The summed E-state index contributed by atoms with van der Waals surface area (Å²) in [5.41, 5.74) is 0.609. The van der Waals surface area contributed by atoms with E-state index in [0.29, 0.717) is 32.4 Å². The van der Waals surface area contributed by atoms with Gasteiger partial charge in [-0.05, 0) is 24.4 Å². The molecule has 0 fully saturated rings. The SMILES string of the molecule is C=CCNC(=S)Nc1cc(Cl)c(Cl)cc1Cl. The number of hydrogen-bond donors (Lipinski definition) is 2. The lowest BCUT2D eigenvalue weighted by Gasteiger charge is -2.11. The molecule has 0 unspecified atom stereocenters. The van der Waals surface area contributed by atoms with E-state index in [1.54, 1.807) is 18.2 Å². The Balaban J connectivity index is 2.77. The lowest BCUT2D eigenvalue weighted by molar-refractivity contribution is 1.06. The molecule has 0 radical (unpaired) electrons. The molecule has 0 saturated carbocycles. The molecule has 1 aromatic rings. The smallest absolute Gasteiger partial charge is 0.171 e. The van der Waals surface area contributed by atoms with Crippen molar-refractivity contribution >= 4 is 57.8 Å². The largest absolute Gasteiger partial charge is 0.359 e. The van der Waals surface area contributed by atoms with Gasteiger partial charge in [-0.3, -0.25) is 0 Å². The normalized spacial score (nSPS) is 9.69. The molecule has 0 heterocycles. The highest BCUT2D eigenvalue weighted by atomic mass is 35.5. The number of thiocarbonyl (C=S) groups is 1. The minimum atomic E-state index is 0.405. The lowest BCUT2D eigenvalue weighted by atomic mass is 10.3. The summed E-state index contributed by atoms with van der Waals surface area (Å²) >= 11 is 22.7. The molecule has 0 atom stereocenters.